The summed E-state index contributed by atoms with van der Waals surface area (Å²) in [7, 11) is 1.60. The first kappa shape index (κ1) is 21.3. The second-order valence-electron chi connectivity index (χ2n) is 6.89. The largest absolute Gasteiger partial charge is 0.497 e. The predicted molar refractivity (Wildman–Crippen MR) is 116 cm³/mol. The van der Waals surface area contributed by atoms with Gasteiger partial charge in [0.05, 0.1) is 19.8 Å². The zero-order valence-electron chi connectivity index (χ0n) is 17.1. The Kier molecular flexibility index (Phi) is 7.40. The molecule has 3 rings (SSSR count). The van der Waals surface area contributed by atoms with Crippen molar-refractivity contribution in [2.24, 2.45) is 4.99 Å². The van der Waals surface area contributed by atoms with Crippen LogP contribution in [0, 0.1) is 0 Å². The highest BCUT2D eigenvalue weighted by molar-refractivity contribution is 6.10. The number of nitrogens with one attached hydrogen (secondary N) is 3. The van der Waals surface area contributed by atoms with Gasteiger partial charge in [-0.05, 0) is 55.3 Å². The predicted octanol–water partition coefficient (Wildman–Crippen LogP) is 3.03. The van der Waals surface area contributed by atoms with Crippen LogP contribution in [0.15, 0.2) is 53.5 Å². The van der Waals surface area contributed by atoms with Crippen LogP contribution in [-0.2, 0) is 9.53 Å². The molecular formula is C22H26N4O4. The quantitative estimate of drug-likeness (QED) is 0.502. The van der Waals surface area contributed by atoms with Crippen molar-refractivity contribution in [3.05, 3.63) is 54.1 Å². The second-order valence-corrected chi connectivity index (χ2v) is 6.89. The number of carbonyl (C=O) groups is 2. The Labute approximate surface area is 175 Å². The van der Waals surface area contributed by atoms with Crippen molar-refractivity contribution in [1.82, 2.24) is 5.32 Å². The van der Waals surface area contributed by atoms with Crippen LogP contribution >= 0.6 is 0 Å². The first-order valence-corrected chi connectivity index (χ1v) is 9.79. The van der Waals surface area contributed by atoms with E-state index in [1.54, 1.807) is 31.4 Å². The molecule has 8 heteroatoms. The number of guanidine groups is 1. The van der Waals surface area contributed by atoms with Crippen LogP contribution in [0.2, 0.25) is 0 Å². The van der Waals surface area contributed by atoms with Gasteiger partial charge in [0.2, 0.25) is 11.9 Å². The molecule has 0 radical (unpaired) electrons. The topological polar surface area (TPSA) is 101 Å². The molecule has 0 unspecified atom stereocenters. The molecule has 8 nitrogen and oxygen atoms in total. The molecule has 1 saturated heterocycles. The van der Waals surface area contributed by atoms with E-state index < -0.39 is 0 Å². The van der Waals surface area contributed by atoms with E-state index in [9.17, 15) is 9.59 Å². The lowest BCUT2D eigenvalue weighted by Gasteiger charge is -2.14. The minimum absolute atomic E-state index is 0.0534. The minimum atomic E-state index is -0.339. The van der Waals surface area contributed by atoms with Crippen LogP contribution < -0.4 is 20.7 Å². The van der Waals surface area contributed by atoms with Gasteiger partial charge in [-0.15, -0.1) is 0 Å². The lowest BCUT2D eigenvalue weighted by atomic mass is 10.2. The van der Waals surface area contributed by atoms with E-state index >= 15 is 0 Å². The SMILES string of the molecule is COc1ccc(NC(=NC[C@@H]2CCCO2)NC(=O)c2cccc(NC(C)=O)c2)cc1. The van der Waals surface area contributed by atoms with Gasteiger partial charge in [0.25, 0.3) is 5.91 Å². The Morgan fingerprint density at radius 1 is 1.13 bits per heavy atom. The van der Waals surface area contributed by atoms with Gasteiger partial charge in [0.1, 0.15) is 5.75 Å². The lowest BCUT2D eigenvalue weighted by molar-refractivity contribution is -0.114. The molecule has 0 aliphatic carbocycles. The molecule has 0 spiro atoms. The number of amides is 2. The number of carbonyl (C=O) groups excluding carboxylic acids is 2. The molecule has 1 aliphatic rings. The molecule has 1 heterocycles. The van der Waals surface area contributed by atoms with Crippen molar-refractivity contribution in [2.75, 3.05) is 30.9 Å². The molecule has 2 amide bonds. The molecule has 158 valence electrons. The van der Waals surface area contributed by atoms with Crippen LogP contribution in [0.1, 0.15) is 30.1 Å². The molecule has 1 aliphatic heterocycles. The van der Waals surface area contributed by atoms with Gasteiger partial charge in [-0.2, -0.15) is 0 Å². The van der Waals surface area contributed by atoms with E-state index in [1.807, 2.05) is 24.3 Å². The van der Waals surface area contributed by atoms with Crippen LogP contribution in [0.4, 0.5) is 11.4 Å². The Balaban J connectivity index is 1.74. The zero-order valence-corrected chi connectivity index (χ0v) is 17.1. The van der Waals surface area contributed by atoms with Crippen molar-refractivity contribution >= 4 is 29.1 Å². The summed E-state index contributed by atoms with van der Waals surface area (Å²) in [4.78, 5) is 28.6. The number of anilines is 2. The van der Waals surface area contributed by atoms with Crippen LogP contribution in [0.5, 0.6) is 5.75 Å². The highest BCUT2D eigenvalue weighted by Gasteiger charge is 2.16. The molecule has 0 bridgehead atoms. The molecule has 0 aromatic heterocycles. The van der Waals surface area contributed by atoms with Gasteiger partial charge in [0.15, 0.2) is 0 Å². The first-order chi connectivity index (χ1) is 14.5. The number of aliphatic imine (C=N–C) groups is 1. The van der Waals surface area contributed by atoms with E-state index in [-0.39, 0.29) is 17.9 Å². The summed E-state index contributed by atoms with van der Waals surface area (Å²) in [6.45, 7) is 2.61. The van der Waals surface area contributed by atoms with E-state index in [0.29, 0.717) is 23.8 Å². The zero-order chi connectivity index (χ0) is 21.3. The number of nitrogens with zero attached hydrogens (tertiary/aromatic N) is 1. The van der Waals surface area contributed by atoms with Gasteiger partial charge >= 0.3 is 0 Å². The van der Waals surface area contributed by atoms with Crippen molar-refractivity contribution in [2.45, 2.75) is 25.9 Å². The summed E-state index contributed by atoms with van der Waals surface area (Å²) in [5.41, 5.74) is 1.72. The van der Waals surface area contributed by atoms with Gasteiger partial charge in [-0.3, -0.25) is 14.9 Å². The third-order valence-electron chi connectivity index (χ3n) is 4.51. The minimum Gasteiger partial charge on any atom is -0.497 e. The van der Waals surface area contributed by atoms with E-state index in [4.69, 9.17) is 9.47 Å². The monoisotopic (exact) mass is 410 g/mol. The molecule has 1 atom stereocenters. The van der Waals surface area contributed by atoms with Crippen molar-refractivity contribution in [3.63, 3.8) is 0 Å². The van der Waals surface area contributed by atoms with Gasteiger partial charge in [-0.25, -0.2) is 4.99 Å². The molecule has 3 N–H and O–H groups in total. The highest BCUT2D eigenvalue weighted by atomic mass is 16.5. The molecule has 0 saturated carbocycles. The van der Waals surface area contributed by atoms with E-state index in [0.717, 1.165) is 30.9 Å². The summed E-state index contributed by atoms with van der Waals surface area (Å²) in [6, 6.07) is 14.0. The molecular weight excluding hydrogens is 384 g/mol. The third-order valence-corrected chi connectivity index (χ3v) is 4.51. The number of benzene rings is 2. The summed E-state index contributed by atoms with van der Waals surface area (Å²) >= 11 is 0. The fourth-order valence-corrected chi connectivity index (χ4v) is 3.02. The standard InChI is InChI=1S/C22H26N4O4/c1-15(27)24-18-6-3-5-16(13-18)21(28)26-22(23-14-20-7-4-12-30-20)25-17-8-10-19(29-2)11-9-17/h3,5-6,8-11,13,20H,4,7,12,14H2,1-2H3,(H,24,27)(H2,23,25,26,28)/t20-/m0/s1. The molecule has 2 aromatic carbocycles. The summed E-state index contributed by atoms with van der Waals surface area (Å²) < 4.78 is 10.8. The second kappa shape index (κ2) is 10.4. The highest BCUT2D eigenvalue weighted by Crippen LogP contribution is 2.16. The maximum atomic E-state index is 12.8. The smallest absolute Gasteiger partial charge is 0.258 e. The van der Waals surface area contributed by atoms with Crippen LogP contribution in [0.25, 0.3) is 0 Å². The third kappa shape index (κ3) is 6.31. The molecule has 30 heavy (non-hydrogen) atoms. The van der Waals surface area contributed by atoms with E-state index in [1.165, 1.54) is 6.92 Å². The summed E-state index contributed by atoms with van der Waals surface area (Å²) in [5, 5.41) is 8.63. The van der Waals surface area contributed by atoms with Gasteiger partial charge in [0, 0.05) is 30.5 Å². The Hall–Kier alpha value is -3.39. The van der Waals surface area contributed by atoms with E-state index in [2.05, 4.69) is 20.9 Å². The number of ether oxygens (including phenoxy) is 2. The Bertz CT molecular complexity index is 906. The number of hydrogen-bond donors (Lipinski definition) is 3. The normalized spacial score (nSPS) is 16.1. The van der Waals surface area contributed by atoms with Gasteiger partial charge in [-0.1, -0.05) is 6.07 Å². The van der Waals surface area contributed by atoms with Crippen LogP contribution in [0.3, 0.4) is 0 Å². The van der Waals surface area contributed by atoms with Crippen molar-refractivity contribution < 1.29 is 19.1 Å². The first-order valence-electron chi connectivity index (χ1n) is 9.79. The maximum absolute atomic E-state index is 12.8. The summed E-state index contributed by atoms with van der Waals surface area (Å²) in [6.07, 6.45) is 2.02. The summed E-state index contributed by atoms with van der Waals surface area (Å²) in [5.74, 6) is 0.518. The van der Waals surface area contributed by atoms with Crippen molar-refractivity contribution in [3.8, 4) is 5.75 Å². The number of hydrogen-bond acceptors (Lipinski definition) is 5. The van der Waals surface area contributed by atoms with Crippen molar-refractivity contribution in [1.29, 1.82) is 0 Å². The maximum Gasteiger partial charge on any atom is 0.258 e. The Morgan fingerprint density at radius 2 is 1.93 bits per heavy atom. The number of rotatable bonds is 6. The lowest BCUT2D eigenvalue weighted by Crippen LogP contribution is -2.36. The average Bonchev–Trinajstić information content (AvgIpc) is 3.26. The number of methoxy groups -OCH3 is 1. The average molecular weight is 410 g/mol. The fraction of sp³-hybridized carbons (Fsp3) is 0.318. The van der Waals surface area contributed by atoms with Crippen LogP contribution in [-0.4, -0.2) is 44.1 Å². The molecule has 1 fully saturated rings. The fourth-order valence-electron chi connectivity index (χ4n) is 3.02. The van der Waals surface area contributed by atoms with Gasteiger partial charge < -0.3 is 20.1 Å². The molecule has 2 aromatic rings. The Morgan fingerprint density at radius 3 is 2.60 bits per heavy atom.